The van der Waals surface area contributed by atoms with E-state index in [0.717, 1.165) is 9.87 Å². The van der Waals surface area contributed by atoms with Gasteiger partial charge in [-0.05, 0) is 61.5 Å². The fourth-order valence-corrected chi connectivity index (χ4v) is 4.51. The largest absolute Gasteiger partial charge is 0.324 e. The minimum absolute atomic E-state index is 0.0230. The third-order valence-corrected chi connectivity index (χ3v) is 6.99. The number of benzene rings is 3. The van der Waals surface area contributed by atoms with Crippen LogP contribution in [0.25, 0.3) is 0 Å². The number of nitrogens with zero attached hydrogens (tertiary/aromatic N) is 1. The third-order valence-electron chi connectivity index (χ3n) is 4.21. The van der Waals surface area contributed by atoms with Crippen molar-refractivity contribution in [1.29, 1.82) is 0 Å². The zero-order chi connectivity index (χ0) is 21.9. The number of anilines is 2. The van der Waals surface area contributed by atoms with Crippen LogP contribution in [-0.2, 0) is 14.8 Å². The molecule has 1 N–H and O–H groups in total. The first-order valence-electron chi connectivity index (χ1n) is 8.77. The second-order valence-electron chi connectivity index (χ2n) is 6.48. The summed E-state index contributed by atoms with van der Waals surface area (Å²) in [5.41, 5.74) is 1.73. The number of hydrogen-bond donors (Lipinski definition) is 1. The third kappa shape index (κ3) is 5.26. The Hall–Kier alpha value is -2.25. The second-order valence-corrected chi connectivity index (χ2v) is 9.59. The molecule has 1 amide bonds. The highest BCUT2D eigenvalue weighted by Crippen LogP contribution is 2.27. The molecule has 0 unspecified atom stereocenters. The monoisotopic (exact) mass is 482 g/mol. The fourth-order valence-electron chi connectivity index (χ4n) is 2.66. The molecule has 0 radical (unpaired) electrons. The Balaban J connectivity index is 1.93. The van der Waals surface area contributed by atoms with Gasteiger partial charge < -0.3 is 5.32 Å². The predicted molar refractivity (Wildman–Crippen MR) is 122 cm³/mol. The van der Waals surface area contributed by atoms with Crippen molar-refractivity contribution >= 4 is 62.1 Å². The van der Waals surface area contributed by atoms with Crippen LogP contribution in [0.5, 0.6) is 0 Å². The molecule has 9 heteroatoms. The summed E-state index contributed by atoms with van der Waals surface area (Å²) in [7, 11) is -4.02. The molecule has 0 bridgehead atoms. The van der Waals surface area contributed by atoms with Gasteiger partial charge in [-0.25, -0.2) is 8.42 Å². The normalized spacial score (nSPS) is 11.2. The molecule has 0 aliphatic carbocycles. The van der Waals surface area contributed by atoms with Gasteiger partial charge >= 0.3 is 0 Å². The Morgan fingerprint density at radius 1 is 0.900 bits per heavy atom. The smallest absolute Gasteiger partial charge is 0.264 e. The van der Waals surface area contributed by atoms with Gasteiger partial charge in [-0.2, -0.15) is 0 Å². The van der Waals surface area contributed by atoms with Gasteiger partial charge in [0.15, 0.2) is 0 Å². The van der Waals surface area contributed by atoms with Gasteiger partial charge in [0.05, 0.1) is 20.6 Å². The van der Waals surface area contributed by atoms with Crippen LogP contribution in [0.3, 0.4) is 0 Å². The minimum atomic E-state index is -4.02. The lowest BCUT2D eigenvalue weighted by molar-refractivity contribution is -0.114. The Morgan fingerprint density at radius 2 is 1.53 bits per heavy atom. The summed E-state index contributed by atoms with van der Waals surface area (Å²) in [6, 6.07) is 17.2. The number of amides is 1. The molecule has 0 aliphatic heterocycles. The van der Waals surface area contributed by atoms with Crippen molar-refractivity contribution in [1.82, 2.24) is 0 Å². The van der Waals surface area contributed by atoms with E-state index in [-0.39, 0.29) is 9.92 Å². The van der Waals surface area contributed by atoms with Gasteiger partial charge in [-0.3, -0.25) is 9.10 Å². The highest BCUT2D eigenvalue weighted by Gasteiger charge is 2.27. The van der Waals surface area contributed by atoms with E-state index in [9.17, 15) is 13.2 Å². The van der Waals surface area contributed by atoms with Crippen molar-refractivity contribution in [2.45, 2.75) is 11.8 Å². The summed E-state index contributed by atoms with van der Waals surface area (Å²) in [5.74, 6) is -0.536. The summed E-state index contributed by atoms with van der Waals surface area (Å²) >= 11 is 17.8. The lowest BCUT2D eigenvalue weighted by Crippen LogP contribution is -2.38. The van der Waals surface area contributed by atoms with Crippen molar-refractivity contribution in [3.63, 3.8) is 0 Å². The van der Waals surface area contributed by atoms with Crippen LogP contribution in [-0.4, -0.2) is 20.9 Å². The summed E-state index contributed by atoms with van der Waals surface area (Å²) < 4.78 is 27.6. The molecular formula is C21H17Cl3N2O3S. The number of sulfonamides is 1. The van der Waals surface area contributed by atoms with E-state index in [1.54, 1.807) is 36.4 Å². The molecule has 30 heavy (non-hydrogen) atoms. The molecule has 3 aromatic rings. The summed E-state index contributed by atoms with van der Waals surface area (Å²) in [6.45, 7) is 1.45. The first kappa shape index (κ1) is 22.4. The quantitative estimate of drug-likeness (QED) is 0.482. The van der Waals surface area contributed by atoms with E-state index in [1.165, 1.54) is 30.3 Å². The maximum Gasteiger partial charge on any atom is 0.264 e. The van der Waals surface area contributed by atoms with Crippen molar-refractivity contribution in [3.8, 4) is 0 Å². The van der Waals surface area contributed by atoms with Gasteiger partial charge in [0.2, 0.25) is 5.91 Å². The first-order valence-corrected chi connectivity index (χ1v) is 11.3. The van der Waals surface area contributed by atoms with Crippen molar-refractivity contribution in [2.24, 2.45) is 0 Å². The van der Waals surface area contributed by atoms with E-state index >= 15 is 0 Å². The minimum Gasteiger partial charge on any atom is -0.324 e. The standard InChI is InChI=1S/C21H17Cl3N2O3S/c1-14-2-7-17(8-3-14)26(30(28,29)18-9-4-15(22)5-10-18)13-21(27)25-16-6-11-19(23)20(24)12-16/h2-12H,13H2,1H3,(H,25,27). The highest BCUT2D eigenvalue weighted by atomic mass is 35.5. The number of halogens is 3. The number of aryl methyl sites for hydroxylation is 1. The average molecular weight is 484 g/mol. The molecule has 0 saturated carbocycles. The molecule has 5 nitrogen and oxygen atoms in total. The van der Waals surface area contributed by atoms with E-state index in [1.807, 2.05) is 6.92 Å². The number of carbonyl (C=O) groups excluding carboxylic acids is 1. The van der Waals surface area contributed by atoms with Crippen LogP contribution in [0.15, 0.2) is 71.6 Å². The first-order chi connectivity index (χ1) is 14.2. The zero-order valence-corrected chi connectivity index (χ0v) is 18.9. The lowest BCUT2D eigenvalue weighted by Gasteiger charge is -2.24. The van der Waals surface area contributed by atoms with E-state index in [2.05, 4.69) is 5.32 Å². The van der Waals surface area contributed by atoms with Gasteiger partial charge in [0, 0.05) is 10.7 Å². The summed E-state index contributed by atoms with van der Waals surface area (Å²) in [4.78, 5) is 12.7. The Morgan fingerprint density at radius 3 is 2.13 bits per heavy atom. The Labute approximate surface area is 190 Å². The number of nitrogens with one attached hydrogen (secondary N) is 1. The van der Waals surface area contributed by atoms with Gasteiger partial charge in [-0.15, -0.1) is 0 Å². The van der Waals surface area contributed by atoms with Crippen molar-refractivity contribution < 1.29 is 13.2 Å². The summed E-state index contributed by atoms with van der Waals surface area (Å²) in [5, 5.41) is 3.68. The zero-order valence-electron chi connectivity index (χ0n) is 15.8. The molecular weight excluding hydrogens is 467 g/mol. The second kappa shape index (κ2) is 9.27. The molecule has 0 atom stereocenters. The molecule has 0 heterocycles. The maximum atomic E-state index is 13.3. The van der Waals surface area contributed by atoms with Crippen LogP contribution in [0.2, 0.25) is 15.1 Å². The molecule has 0 fully saturated rings. The number of hydrogen-bond acceptors (Lipinski definition) is 3. The molecule has 156 valence electrons. The molecule has 3 rings (SSSR count). The van der Waals surface area contributed by atoms with Crippen molar-refractivity contribution in [3.05, 3.63) is 87.4 Å². The Bertz CT molecular complexity index is 1170. The molecule has 3 aromatic carbocycles. The van der Waals surface area contributed by atoms with E-state index in [0.29, 0.717) is 21.4 Å². The maximum absolute atomic E-state index is 13.3. The SMILES string of the molecule is Cc1ccc(N(CC(=O)Nc2ccc(Cl)c(Cl)c2)S(=O)(=O)c2ccc(Cl)cc2)cc1. The molecule has 0 saturated heterocycles. The fraction of sp³-hybridized carbons (Fsp3) is 0.0952. The van der Waals surface area contributed by atoms with Gasteiger partial charge in [0.1, 0.15) is 6.54 Å². The highest BCUT2D eigenvalue weighted by molar-refractivity contribution is 7.92. The van der Waals surface area contributed by atoms with Crippen LogP contribution in [0.4, 0.5) is 11.4 Å². The average Bonchev–Trinajstić information content (AvgIpc) is 2.70. The van der Waals surface area contributed by atoms with Crippen LogP contribution >= 0.6 is 34.8 Å². The predicted octanol–water partition coefficient (Wildman–Crippen LogP) is 5.79. The van der Waals surface area contributed by atoms with Gasteiger partial charge in [-0.1, -0.05) is 52.5 Å². The van der Waals surface area contributed by atoms with Crippen LogP contribution < -0.4 is 9.62 Å². The van der Waals surface area contributed by atoms with E-state index in [4.69, 9.17) is 34.8 Å². The van der Waals surface area contributed by atoms with Crippen LogP contribution in [0, 0.1) is 6.92 Å². The van der Waals surface area contributed by atoms with Gasteiger partial charge in [0.25, 0.3) is 10.0 Å². The topological polar surface area (TPSA) is 66.5 Å². The lowest BCUT2D eigenvalue weighted by atomic mass is 10.2. The Kier molecular flexibility index (Phi) is 6.93. The molecule has 0 aliphatic rings. The summed E-state index contributed by atoms with van der Waals surface area (Å²) in [6.07, 6.45) is 0. The number of carbonyl (C=O) groups is 1. The molecule has 0 spiro atoms. The van der Waals surface area contributed by atoms with Crippen LogP contribution in [0.1, 0.15) is 5.56 Å². The van der Waals surface area contributed by atoms with Crippen molar-refractivity contribution in [2.75, 3.05) is 16.2 Å². The molecule has 0 aromatic heterocycles. The number of rotatable bonds is 6. The van der Waals surface area contributed by atoms with E-state index < -0.39 is 22.5 Å².